The van der Waals surface area contributed by atoms with Crippen LogP contribution in [0, 0.1) is 23.2 Å². The Morgan fingerprint density at radius 2 is 2.03 bits per heavy atom. The number of nitriles is 1. The number of rotatable bonds is 2. The fourth-order valence-corrected chi connectivity index (χ4v) is 6.05. The number of benzene rings is 2. The molecule has 3 aliphatic rings. The van der Waals surface area contributed by atoms with Gasteiger partial charge in [0.05, 0.1) is 23.1 Å². The average molecular weight is 450 g/mol. The fourth-order valence-electron chi connectivity index (χ4n) is 5.63. The molecule has 4 nitrogen and oxygen atoms in total. The van der Waals surface area contributed by atoms with Crippen LogP contribution in [-0.4, -0.2) is 12.5 Å². The Morgan fingerprint density at radius 1 is 1.16 bits per heavy atom. The Bertz CT molecular complexity index is 1170. The number of allylic oxidation sites excluding steroid dienone is 4. The van der Waals surface area contributed by atoms with Crippen molar-refractivity contribution >= 4 is 34.8 Å². The van der Waals surface area contributed by atoms with E-state index in [4.69, 9.17) is 23.2 Å². The van der Waals surface area contributed by atoms with Gasteiger partial charge < -0.3 is 10.6 Å². The molecule has 2 heterocycles. The van der Waals surface area contributed by atoms with E-state index in [9.17, 15) is 10.1 Å². The highest BCUT2D eigenvalue weighted by Crippen LogP contribution is 2.57. The summed E-state index contributed by atoms with van der Waals surface area (Å²) in [6.45, 7) is 0.774. The third-order valence-electron chi connectivity index (χ3n) is 6.83. The molecule has 0 radical (unpaired) electrons. The number of amides is 1. The third-order valence-corrected chi connectivity index (χ3v) is 7.34. The van der Waals surface area contributed by atoms with Crippen LogP contribution in [0.15, 0.2) is 65.7 Å². The number of hydrogen-bond acceptors (Lipinski definition) is 3. The van der Waals surface area contributed by atoms with Gasteiger partial charge in [-0.2, -0.15) is 5.26 Å². The second-order valence-electron chi connectivity index (χ2n) is 8.40. The van der Waals surface area contributed by atoms with Gasteiger partial charge in [0, 0.05) is 15.7 Å². The number of halogens is 2. The standard InChI is InChI=1S/C25H21Cl2N3O/c26-18-6-2-4-16(12-18)20-9-10-29-23(17-5-1-3-15(11-17)14-28)25(20)21-8-7-19(27)13-22(21)30-24(25)31/h1-8,11,13,16,20,23,29H,9-10,12H2,(H,30,31)/t16?,20-,23-,25+/m0/s1. The lowest BCUT2D eigenvalue weighted by atomic mass is 9.57. The minimum atomic E-state index is -0.838. The Labute approximate surface area is 191 Å². The molecule has 156 valence electrons. The largest absolute Gasteiger partial charge is 0.325 e. The van der Waals surface area contributed by atoms with Crippen molar-refractivity contribution in [2.45, 2.75) is 24.3 Å². The fraction of sp³-hybridized carbons (Fsp3) is 0.280. The summed E-state index contributed by atoms with van der Waals surface area (Å²) in [6, 6.07) is 15.1. The molecular weight excluding hydrogens is 429 g/mol. The van der Waals surface area contributed by atoms with Crippen LogP contribution >= 0.6 is 23.2 Å². The SMILES string of the molecule is N#Cc1cccc([C@@H]2NCC[C@@H](C3C=CC=C(Cl)C3)[C@]23C(=O)Nc2cc(Cl)ccc23)c1. The zero-order valence-electron chi connectivity index (χ0n) is 16.7. The van der Waals surface area contributed by atoms with Crippen LogP contribution in [0.2, 0.25) is 5.02 Å². The maximum absolute atomic E-state index is 13.9. The normalized spacial score (nSPS) is 29.3. The number of hydrogen-bond donors (Lipinski definition) is 2. The van der Waals surface area contributed by atoms with E-state index in [2.05, 4.69) is 22.8 Å². The lowest BCUT2D eigenvalue weighted by Gasteiger charge is -2.49. The topological polar surface area (TPSA) is 64.9 Å². The first-order chi connectivity index (χ1) is 15.0. The highest BCUT2D eigenvalue weighted by molar-refractivity contribution is 6.31. The number of nitrogens with one attached hydrogen (secondary N) is 2. The van der Waals surface area contributed by atoms with Crippen molar-refractivity contribution < 1.29 is 4.79 Å². The minimum Gasteiger partial charge on any atom is -0.325 e. The maximum Gasteiger partial charge on any atom is 0.237 e. The van der Waals surface area contributed by atoms with Crippen molar-refractivity contribution in [3.05, 3.63) is 87.4 Å². The maximum atomic E-state index is 13.9. The molecule has 2 aromatic rings. The van der Waals surface area contributed by atoms with Crippen LogP contribution in [0.25, 0.3) is 0 Å². The molecule has 0 bridgehead atoms. The molecule has 6 heteroatoms. The quantitative estimate of drug-likeness (QED) is 0.640. The Morgan fingerprint density at radius 3 is 2.84 bits per heavy atom. The Balaban J connectivity index is 1.72. The molecule has 1 spiro atoms. The number of carbonyl (C=O) groups is 1. The van der Waals surface area contributed by atoms with Crippen molar-refractivity contribution in [2.75, 3.05) is 11.9 Å². The first kappa shape index (κ1) is 20.3. The number of fused-ring (bicyclic) bond motifs is 2. The summed E-state index contributed by atoms with van der Waals surface area (Å²) in [7, 11) is 0. The predicted molar refractivity (Wildman–Crippen MR) is 123 cm³/mol. The number of nitrogens with zero attached hydrogens (tertiary/aromatic N) is 1. The molecule has 31 heavy (non-hydrogen) atoms. The molecule has 2 N–H and O–H groups in total. The molecule has 2 aromatic carbocycles. The van der Waals surface area contributed by atoms with Gasteiger partial charge in [0.2, 0.25) is 5.91 Å². The summed E-state index contributed by atoms with van der Waals surface area (Å²) in [4.78, 5) is 13.9. The van der Waals surface area contributed by atoms with Gasteiger partial charge in [-0.05, 0) is 72.7 Å². The number of piperidine rings is 1. The van der Waals surface area contributed by atoms with Crippen LogP contribution in [-0.2, 0) is 10.2 Å². The second-order valence-corrected chi connectivity index (χ2v) is 9.32. The smallest absolute Gasteiger partial charge is 0.237 e. The van der Waals surface area contributed by atoms with Gasteiger partial charge in [-0.1, -0.05) is 53.6 Å². The van der Waals surface area contributed by atoms with Crippen molar-refractivity contribution in [3.63, 3.8) is 0 Å². The van der Waals surface area contributed by atoms with Gasteiger partial charge in [0.25, 0.3) is 0 Å². The minimum absolute atomic E-state index is 0.0330. The van der Waals surface area contributed by atoms with Gasteiger partial charge >= 0.3 is 0 Å². The Kier molecular flexibility index (Phi) is 5.14. The molecular formula is C25H21Cl2N3O. The molecule has 1 aliphatic carbocycles. The lowest BCUT2D eigenvalue weighted by molar-refractivity contribution is -0.126. The summed E-state index contributed by atoms with van der Waals surface area (Å²) in [5, 5.41) is 17.6. The molecule has 1 unspecified atom stereocenters. The van der Waals surface area contributed by atoms with Crippen molar-refractivity contribution in [1.29, 1.82) is 5.26 Å². The van der Waals surface area contributed by atoms with E-state index in [0.717, 1.165) is 34.8 Å². The van der Waals surface area contributed by atoms with E-state index in [1.165, 1.54) is 0 Å². The van der Waals surface area contributed by atoms with Gasteiger partial charge in [-0.15, -0.1) is 0 Å². The van der Waals surface area contributed by atoms with Crippen LogP contribution in [0.5, 0.6) is 0 Å². The molecule has 0 saturated carbocycles. The zero-order chi connectivity index (χ0) is 21.6. The van der Waals surface area contributed by atoms with Crippen LogP contribution in [0.4, 0.5) is 5.69 Å². The predicted octanol–water partition coefficient (Wildman–Crippen LogP) is 5.45. The summed E-state index contributed by atoms with van der Waals surface area (Å²) >= 11 is 12.7. The van der Waals surface area contributed by atoms with Crippen molar-refractivity contribution in [2.24, 2.45) is 11.8 Å². The molecule has 2 aliphatic heterocycles. The van der Waals surface area contributed by atoms with E-state index in [1.807, 2.05) is 48.6 Å². The van der Waals surface area contributed by atoms with Crippen molar-refractivity contribution in [1.82, 2.24) is 5.32 Å². The van der Waals surface area contributed by atoms with E-state index in [0.29, 0.717) is 17.0 Å². The van der Waals surface area contributed by atoms with Crippen molar-refractivity contribution in [3.8, 4) is 6.07 Å². The van der Waals surface area contributed by atoms with Crippen LogP contribution in [0.1, 0.15) is 35.6 Å². The monoisotopic (exact) mass is 449 g/mol. The lowest BCUT2D eigenvalue weighted by Crippen LogP contribution is -2.57. The molecule has 1 amide bonds. The van der Waals surface area contributed by atoms with Crippen LogP contribution in [0.3, 0.4) is 0 Å². The first-order valence-corrected chi connectivity index (χ1v) is 11.2. The van der Waals surface area contributed by atoms with Gasteiger partial charge in [0.1, 0.15) is 0 Å². The van der Waals surface area contributed by atoms with Gasteiger partial charge in [-0.25, -0.2) is 0 Å². The summed E-state index contributed by atoms with van der Waals surface area (Å²) in [5.74, 6) is 0.132. The average Bonchev–Trinajstić information content (AvgIpc) is 3.05. The van der Waals surface area contributed by atoms with E-state index >= 15 is 0 Å². The number of carbonyl (C=O) groups excluding carboxylic acids is 1. The highest BCUT2D eigenvalue weighted by Gasteiger charge is 2.60. The third kappa shape index (κ3) is 3.20. The zero-order valence-corrected chi connectivity index (χ0v) is 18.3. The highest BCUT2D eigenvalue weighted by atomic mass is 35.5. The molecule has 5 rings (SSSR count). The first-order valence-electron chi connectivity index (χ1n) is 10.4. The van der Waals surface area contributed by atoms with Gasteiger partial charge in [0.15, 0.2) is 0 Å². The summed E-state index contributed by atoms with van der Waals surface area (Å²) in [5.41, 5.74) is 2.38. The Hall–Kier alpha value is -2.58. The van der Waals surface area contributed by atoms with E-state index in [1.54, 1.807) is 6.07 Å². The summed E-state index contributed by atoms with van der Waals surface area (Å²) < 4.78 is 0. The molecule has 4 atom stereocenters. The van der Waals surface area contributed by atoms with Crippen LogP contribution < -0.4 is 10.6 Å². The second kappa shape index (κ2) is 7.84. The number of anilines is 1. The molecule has 0 aromatic heterocycles. The molecule has 1 saturated heterocycles. The van der Waals surface area contributed by atoms with Gasteiger partial charge in [-0.3, -0.25) is 4.79 Å². The van der Waals surface area contributed by atoms with E-state index < -0.39 is 5.41 Å². The molecule has 1 fully saturated rings. The van der Waals surface area contributed by atoms with E-state index in [-0.39, 0.29) is 23.8 Å². The summed E-state index contributed by atoms with van der Waals surface area (Å²) in [6.07, 6.45) is 7.64.